The van der Waals surface area contributed by atoms with E-state index in [4.69, 9.17) is 4.99 Å². The molecule has 16 heavy (non-hydrogen) atoms. The molecule has 0 bridgehead atoms. The zero-order chi connectivity index (χ0) is 12.2. The van der Waals surface area contributed by atoms with Crippen molar-refractivity contribution in [3.05, 3.63) is 0 Å². The van der Waals surface area contributed by atoms with Crippen LogP contribution >= 0.6 is 11.8 Å². The van der Waals surface area contributed by atoms with Crippen molar-refractivity contribution in [3.63, 3.8) is 0 Å². The van der Waals surface area contributed by atoms with Gasteiger partial charge in [-0.3, -0.25) is 4.99 Å². The van der Waals surface area contributed by atoms with Crippen LogP contribution in [-0.2, 0) is 0 Å². The molecule has 0 aliphatic carbocycles. The summed E-state index contributed by atoms with van der Waals surface area (Å²) in [6.07, 6.45) is 2.42. The molecule has 0 radical (unpaired) electrons. The predicted octanol–water partition coefficient (Wildman–Crippen LogP) is 3.53. The van der Waals surface area contributed by atoms with E-state index in [2.05, 4.69) is 39.9 Å². The Hall–Kier alpha value is -0.180. The Morgan fingerprint density at radius 1 is 1.44 bits per heavy atom. The summed E-state index contributed by atoms with van der Waals surface area (Å²) in [7, 11) is 0. The first-order valence-electron chi connectivity index (χ1n) is 6.42. The Labute approximate surface area is 105 Å². The fraction of sp³-hybridized carbons (Fsp3) is 0.923. The molecule has 0 aromatic carbocycles. The van der Waals surface area contributed by atoms with Crippen molar-refractivity contribution in [2.45, 2.75) is 53.0 Å². The Balaban J connectivity index is 2.50. The minimum atomic E-state index is 0.269. The number of aliphatic imine (C=N–C) groups is 1. The molecule has 1 aliphatic rings. The van der Waals surface area contributed by atoms with E-state index in [0.717, 1.165) is 17.6 Å². The third-order valence-electron chi connectivity index (χ3n) is 3.74. The Kier molecular flexibility index (Phi) is 5.16. The molecule has 1 saturated heterocycles. The standard InChI is InChI=1S/C13H26N2S/c1-6-13(5)7-8-16-12(15-13)14-9-11(4)10(2)3/h10-11H,6-9H2,1-5H3,(H,14,15). The first kappa shape index (κ1) is 13.9. The molecular formula is C13H26N2S. The van der Waals surface area contributed by atoms with Crippen molar-refractivity contribution in [3.8, 4) is 0 Å². The van der Waals surface area contributed by atoms with Gasteiger partial charge in [-0.05, 0) is 31.6 Å². The fourth-order valence-corrected chi connectivity index (χ4v) is 2.75. The van der Waals surface area contributed by atoms with E-state index in [1.807, 2.05) is 11.8 Å². The van der Waals surface area contributed by atoms with Gasteiger partial charge in [0, 0.05) is 17.8 Å². The van der Waals surface area contributed by atoms with E-state index < -0.39 is 0 Å². The molecule has 2 unspecified atom stereocenters. The van der Waals surface area contributed by atoms with E-state index >= 15 is 0 Å². The summed E-state index contributed by atoms with van der Waals surface area (Å²) in [4.78, 5) is 4.72. The lowest BCUT2D eigenvalue weighted by Gasteiger charge is -2.35. The second kappa shape index (κ2) is 5.95. The zero-order valence-electron chi connectivity index (χ0n) is 11.3. The minimum Gasteiger partial charge on any atom is -0.360 e. The first-order valence-corrected chi connectivity index (χ1v) is 7.41. The summed E-state index contributed by atoms with van der Waals surface area (Å²) < 4.78 is 0. The largest absolute Gasteiger partial charge is 0.360 e. The molecule has 0 spiro atoms. The molecule has 1 heterocycles. The third-order valence-corrected chi connectivity index (χ3v) is 4.66. The maximum Gasteiger partial charge on any atom is 0.156 e. The Morgan fingerprint density at radius 3 is 2.69 bits per heavy atom. The SMILES string of the molecule is CCC1(C)CCSC(=NCC(C)C(C)C)N1. The number of nitrogens with zero attached hydrogens (tertiary/aromatic N) is 1. The number of amidine groups is 1. The highest BCUT2D eigenvalue weighted by atomic mass is 32.2. The molecule has 1 aliphatic heterocycles. The van der Waals surface area contributed by atoms with Crippen LogP contribution in [0.4, 0.5) is 0 Å². The lowest BCUT2D eigenvalue weighted by molar-refractivity contribution is 0.387. The maximum atomic E-state index is 4.72. The topological polar surface area (TPSA) is 24.4 Å². The van der Waals surface area contributed by atoms with Gasteiger partial charge in [-0.15, -0.1) is 0 Å². The van der Waals surface area contributed by atoms with Gasteiger partial charge in [0.05, 0.1) is 0 Å². The van der Waals surface area contributed by atoms with Crippen molar-refractivity contribution < 1.29 is 0 Å². The number of hydrogen-bond acceptors (Lipinski definition) is 2. The molecule has 3 heteroatoms. The average Bonchev–Trinajstić information content (AvgIpc) is 2.26. The molecule has 0 amide bonds. The van der Waals surface area contributed by atoms with Crippen LogP contribution < -0.4 is 5.32 Å². The summed E-state index contributed by atoms with van der Waals surface area (Å²) >= 11 is 1.87. The molecule has 0 aromatic rings. The summed E-state index contributed by atoms with van der Waals surface area (Å²) in [5.74, 6) is 2.59. The van der Waals surface area contributed by atoms with Crippen LogP contribution in [-0.4, -0.2) is 23.0 Å². The van der Waals surface area contributed by atoms with Crippen LogP contribution in [0.25, 0.3) is 0 Å². The Morgan fingerprint density at radius 2 is 2.12 bits per heavy atom. The third kappa shape index (κ3) is 4.00. The van der Waals surface area contributed by atoms with Gasteiger partial charge in [0.2, 0.25) is 0 Å². The van der Waals surface area contributed by atoms with Crippen molar-refractivity contribution in [1.29, 1.82) is 0 Å². The molecule has 2 atom stereocenters. The lowest BCUT2D eigenvalue weighted by Crippen LogP contribution is -2.48. The summed E-state index contributed by atoms with van der Waals surface area (Å²) in [5, 5.41) is 4.74. The lowest BCUT2D eigenvalue weighted by atomic mass is 9.96. The second-order valence-electron chi connectivity index (χ2n) is 5.50. The van der Waals surface area contributed by atoms with Crippen molar-refractivity contribution in [1.82, 2.24) is 5.32 Å². The fourth-order valence-electron chi connectivity index (χ4n) is 1.52. The summed E-state index contributed by atoms with van der Waals surface area (Å²) in [5.41, 5.74) is 0.269. The molecule has 1 fully saturated rings. The van der Waals surface area contributed by atoms with Crippen LogP contribution in [0.5, 0.6) is 0 Å². The highest BCUT2D eigenvalue weighted by molar-refractivity contribution is 8.13. The van der Waals surface area contributed by atoms with Gasteiger partial charge in [-0.2, -0.15) is 0 Å². The van der Waals surface area contributed by atoms with Gasteiger partial charge in [0.25, 0.3) is 0 Å². The second-order valence-corrected chi connectivity index (χ2v) is 6.59. The van der Waals surface area contributed by atoms with Gasteiger partial charge in [0.1, 0.15) is 0 Å². The monoisotopic (exact) mass is 242 g/mol. The van der Waals surface area contributed by atoms with Crippen LogP contribution in [0.3, 0.4) is 0 Å². The highest BCUT2D eigenvalue weighted by Gasteiger charge is 2.27. The zero-order valence-corrected chi connectivity index (χ0v) is 12.2. The van der Waals surface area contributed by atoms with E-state index in [1.165, 1.54) is 18.6 Å². The molecule has 1 rings (SSSR count). The van der Waals surface area contributed by atoms with Gasteiger partial charge >= 0.3 is 0 Å². The maximum absolute atomic E-state index is 4.72. The van der Waals surface area contributed by atoms with Gasteiger partial charge in [0.15, 0.2) is 5.17 Å². The molecule has 1 N–H and O–H groups in total. The summed E-state index contributed by atoms with van der Waals surface area (Å²) in [6.45, 7) is 12.3. The van der Waals surface area contributed by atoms with E-state index in [9.17, 15) is 0 Å². The summed E-state index contributed by atoms with van der Waals surface area (Å²) in [6, 6.07) is 0. The number of nitrogens with one attached hydrogen (secondary N) is 1. The highest BCUT2D eigenvalue weighted by Crippen LogP contribution is 2.25. The van der Waals surface area contributed by atoms with E-state index in [0.29, 0.717) is 5.92 Å². The van der Waals surface area contributed by atoms with Crippen LogP contribution in [0, 0.1) is 11.8 Å². The number of rotatable bonds is 4. The molecule has 2 nitrogen and oxygen atoms in total. The van der Waals surface area contributed by atoms with E-state index in [1.54, 1.807) is 0 Å². The van der Waals surface area contributed by atoms with Crippen LogP contribution in [0.2, 0.25) is 0 Å². The molecule has 0 aromatic heterocycles. The van der Waals surface area contributed by atoms with Crippen molar-refractivity contribution in [2.24, 2.45) is 16.8 Å². The normalized spacial score (nSPS) is 30.5. The number of hydrogen-bond donors (Lipinski definition) is 1. The molecule has 0 saturated carbocycles. The van der Waals surface area contributed by atoms with Gasteiger partial charge < -0.3 is 5.32 Å². The van der Waals surface area contributed by atoms with Crippen molar-refractivity contribution >= 4 is 16.9 Å². The molecular weight excluding hydrogens is 216 g/mol. The van der Waals surface area contributed by atoms with Crippen LogP contribution in [0.1, 0.15) is 47.5 Å². The average molecular weight is 242 g/mol. The van der Waals surface area contributed by atoms with Gasteiger partial charge in [-0.1, -0.05) is 39.5 Å². The van der Waals surface area contributed by atoms with Gasteiger partial charge in [-0.25, -0.2) is 0 Å². The smallest absolute Gasteiger partial charge is 0.156 e. The minimum absolute atomic E-state index is 0.269. The van der Waals surface area contributed by atoms with E-state index in [-0.39, 0.29) is 5.54 Å². The predicted molar refractivity (Wildman–Crippen MR) is 75.2 cm³/mol. The van der Waals surface area contributed by atoms with Crippen molar-refractivity contribution in [2.75, 3.05) is 12.3 Å². The first-order chi connectivity index (χ1) is 7.47. The molecule has 94 valence electrons. The van der Waals surface area contributed by atoms with Crippen LogP contribution in [0.15, 0.2) is 4.99 Å². The quantitative estimate of drug-likeness (QED) is 0.815. The number of thioether (sulfide) groups is 1. The Bertz CT molecular complexity index is 250.